The van der Waals surface area contributed by atoms with Crippen LogP contribution in [0.2, 0.25) is 0 Å². The zero-order chi connectivity index (χ0) is 14.0. The zero-order valence-corrected chi connectivity index (χ0v) is 12.5. The van der Waals surface area contributed by atoms with E-state index in [1.165, 1.54) is 0 Å². The molecule has 0 radical (unpaired) electrons. The highest BCUT2D eigenvalue weighted by atomic mass is 16.6. The first-order valence-corrected chi connectivity index (χ1v) is 6.85. The predicted octanol–water partition coefficient (Wildman–Crippen LogP) is 1.78. The van der Waals surface area contributed by atoms with Crippen LogP contribution in [0.15, 0.2) is 0 Å². The Balaban J connectivity index is 2.61. The number of carbonyl (C=O) groups excluding carboxylic acids is 1. The second-order valence-corrected chi connectivity index (χ2v) is 6.73. The fourth-order valence-corrected chi connectivity index (χ4v) is 2.26. The van der Waals surface area contributed by atoms with E-state index >= 15 is 0 Å². The molecule has 0 aromatic rings. The molecule has 1 aliphatic rings. The Morgan fingerprint density at radius 1 is 1.22 bits per heavy atom. The Kier molecular flexibility index (Phi) is 4.78. The van der Waals surface area contributed by atoms with Gasteiger partial charge < -0.3 is 10.5 Å². The smallest absolute Gasteiger partial charge is 0.326 e. The van der Waals surface area contributed by atoms with E-state index in [-0.39, 0.29) is 5.97 Å². The summed E-state index contributed by atoms with van der Waals surface area (Å²) >= 11 is 0. The first-order valence-electron chi connectivity index (χ1n) is 6.85. The summed E-state index contributed by atoms with van der Waals surface area (Å²) in [6.45, 7) is 12.2. The average Bonchev–Trinajstić information content (AvgIpc) is 2.27. The van der Waals surface area contributed by atoms with Crippen molar-refractivity contribution in [1.29, 1.82) is 0 Å². The standard InChI is InChI=1S/C14H28N2O2/c1-13(2,3)18-12(17)14(4,5)16-8-6-11(10-15)7-9-16/h11H,6-10,15H2,1-5H3. The maximum atomic E-state index is 12.2. The van der Waals surface area contributed by atoms with Crippen molar-refractivity contribution >= 4 is 5.97 Å². The van der Waals surface area contributed by atoms with Gasteiger partial charge in [0.1, 0.15) is 11.1 Å². The van der Waals surface area contributed by atoms with E-state index < -0.39 is 11.1 Å². The van der Waals surface area contributed by atoms with Gasteiger partial charge in [-0.2, -0.15) is 0 Å². The zero-order valence-electron chi connectivity index (χ0n) is 12.5. The predicted molar refractivity (Wildman–Crippen MR) is 73.3 cm³/mol. The van der Waals surface area contributed by atoms with Crippen molar-refractivity contribution in [2.45, 2.75) is 58.6 Å². The van der Waals surface area contributed by atoms with Crippen molar-refractivity contribution in [3.05, 3.63) is 0 Å². The van der Waals surface area contributed by atoms with Crippen LogP contribution in [0.5, 0.6) is 0 Å². The Morgan fingerprint density at radius 3 is 2.11 bits per heavy atom. The molecule has 0 bridgehead atoms. The SMILES string of the molecule is CC(C)(C)OC(=O)C(C)(C)N1CCC(CN)CC1. The molecule has 106 valence electrons. The number of esters is 1. The molecule has 4 heteroatoms. The van der Waals surface area contributed by atoms with Gasteiger partial charge >= 0.3 is 5.97 Å². The lowest BCUT2D eigenvalue weighted by Gasteiger charge is -2.42. The highest BCUT2D eigenvalue weighted by Gasteiger charge is 2.39. The molecule has 18 heavy (non-hydrogen) atoms. The van der Waals surface area contributed by atoms with E-state index in [1.54, 1.807) is 0 Å². The van der Waals surface area contributed by atoms with Crippen LogP contribution in [0.4, 0.5) is 0 Å². The molecule has 1 rings (SSSR count). The molecule has 0 aliphatic carbocycles. The van der Waals surface area contributed by atoms with E-state index in [1.807, 2.05) is 34.6 Å². The molecule has 0 aromatic heterocycles. The van der Waals surface area contributed by atoms with Crippen molar-refractivity contribution in [3.63, 3.8) is 0 Å². The molecule has 0 amide bonds. The molecule has 0 spiro atoms. The summed E-state index contributed by atoms with van der Waals surface area (Å²) < 4.78 is 5.50. The van der Waals surface area contributed by atoms with Crippen molar-refractivity contribution in [2.75, 3.05) is 19.6 Å². The number of likely N-dealkylation sites (tertiary alicyclic amines) is 1. The van der Waals surface area contributed by atoms with E-state index in [2.05, 4.69) is 4.90 Å². The number of rotatable bonds is 3. The highest BCUT2D eigenvalue weighted by molar-refractivity contribution is 5.80. The van der Waals surface area contributed by atoms with E-state index in [0.717, 1.165) is 32.5 Å². The van der Waals surface area contributed by atoms with Gasteiger partial charge in [0.2, 0.25) is 0 Å². The Bertz CT molecular complexity index is 287. The number of nitrogens with zero attached hydrogens (tertiary/aromatic N) is 1. The van der Waals surface area contributed by atoms with Crippen LogP contribution in [-0.2, 0) is 9.53 Å². The first-order chi connectivity index (χ1) is 8.16. The quantitative estimate of drug-likeness (QED) is 0.782. The van der Waals surface area contributed by atoms with Crippen molar-refractivity contribution in [3.8, 4) is 0 Å². The minimum absolute atomic E-state index is 0.138. The fourth-order valence-electron chi connectivity index (χ4n) is 2.26. The lowest BCUT2D eigenvalue weighted by Crippen LogP contribution is -2.55. The molecule has 1 heterocycles. The lowest BCUT2D eigenvalue weighted by atomic mass is 9.92. The second kappa shape index (κ2) is 5.57. The summed E-state index contributed by atoms with van der Waals surface area (Å²) in [6, 6.07) is 0. The van der Waals surface area contributed by atoms with E-state index in [4.69, 9.17) is 10.5 Å². The molecule has 0 aromatic carbocycles. The summed E-state index contributed by atoms with van der Waals surface area (Å²) in [5, 5.41) is 0. The van der Waals surface area contributed by atoms with Crippen molar-refractivity contribution in [2.24, 2.45) is 11.7 Å². The van der Waals surface area contributed by atoms with Crippen LogP contribution >= 0.6 is 0 Å². The van der Waals surface area contributed by atoms with E-state index in [0.29, 0.717) is 5.92 Å². The van der Waals surface area contributed by atoms with Crippen LogP contribution in [-0.4, -0.2) is 41.6 Å². The number of ether oxygens (including phenoxy) is 1. The minimum Gasteiger partial charge on any atom is -0.459 e. The maximum absolute atomic E-state index is 12.2. The molecule has 0 saturated carbocycles. The van der Waals surface area contributed by atoms with Gasteiger partial charge in [0.15, 0.2) is 0 Å². The molecule has 1 fully saturated rings. The van der Waals surface area contributed by atoms with Gasteiger partial charge in [0, 0.05) is 0 Å². The van der Waals surface area contributed by atoms with Crippen LogP contribution in [0, 0.1) is 5.92 Å². The van der Waals surface area contributed by atoms with E-state index in [9.17, 15) is 4.79 Å². The third-order valence-corrected chi connectivity index (χ3v) is 3.64. The topological polar surface area (TPSA) is 55.6 Å². The fraction of sp³-hybridized carbons (Fsp3) is 0.929. The Morgan fingerprint density at radius 2 is 1.72 bits per heavy atom. The van der Waals surface area contributed by atoms with Gasteiger partial charge in [0.05, 0.1) is 0 Å². The number of carbonyl (C=O) groups is 1. The monoisotopic (exact) mass is 256 g/mol. The van der Waals surface area contributed by atoms with Gasteiger partial charge in [0.25, 0.3) is 0 Å². The number of piperidine rings is 1. The van der Waals surface area contributed by atoms with Crippen LogP contribution in [0.1, 0.15) is 47.5 Å². The Hall–Kier alpha value is -0.610. The summed E-state index contributed by atoms with van der Waals surface area (Å²) in [5.41, 5.74) is 4.72. The maximum Gasteiger partial charge on any atom is 0.326 e. The molecule has 0 unspecified atom stereocenters. The van der Waals surface area contributed by atoms with Crippen molar-refractivity contribution < 1.29 is 9.53 Å². The van der Waals surface area contributed by atoms with Gasteiger partial charge in [-0.15, -0.1) is 0 Å². The van der Waals surface area contributed by atoms with Crippen LogP contribution in [0.3, 0.4) is 0 Å². The normalized spacial score (nSPS) is 19.9. The summed E-state index contributed by atoms with van der Waals surface area (Å²) in [5.74, 6) is 0.469. The largest absolute Gasteiger partial charge is 0.459 e. The molecular weight excluding hydrogens is 228 g/mol. The molecule has 0 atom stereocenters. The highest BCUT2D eigenvalue weighted by Crippen LogP contribution is 2.26. The number of nitrogens with two attached hydrogens (primary N) is 1. The van der Waals surface area contributed by atoms with Gasteiger partial charge in [-0.25, -0.2) is 0 Å². The van der Waals surface area contributed by atoms with Crippen molar-refractivity contribution in [1.82, 2.24) is 4.90 Å². The van der Waals surface area contributed by atoms with Crippen LogP contribution in [0.25, 0.3) is 0 Å². The summed E-state index contributed by atoms with van der Waals surface area (Å²) in [6.07, 6.45) is 2.14. The summed E-state index contributed by atoms with van der Waals surface area (Å²) in [4.78, 5) is 14.5. The first kappa shape index (κ1) is 15.4. The summed E-state index contributed by atoms with van der Waals surface area (Å²) in [7, 11) is 0. The van der Waals surface area contributed by atoms with Crippen LogP contribution < -0.4 is 5.73 Å². The molecule has 4 nitrogen and oxygen atoms in total. The van der Waals surface area contributed by atoms with Gasteiger partial charge in [-0.05, 0) is 73.0 Å². The minimum atomic E-state index is -0.549. The number of hydrogen-bond donors (Lipinski definition) is 1. The molecule has 2 N–H and O–H groups in total. The lowest BCUT2D eigenvalue weighted by molar-refractivity contribution is -0.168. The average molecular weight is 256 g/mol. The third-order valence-electron chi connectivity index (χ3n) is 3.64. The Labute approximate surface area is 111 Å². The molecule has 1 saturated heterocycles. The third kappa shape index (κ3) is 3.95. The van der Waals surface area contributed by atoms with Gasteiger partial charge in [-0.3, -0.25) is 9.69 Å². The molecule has 1 aliphatic heterocycles. The van der Waals surface area contributed by atoms with Gasteiger partial charge in [-0.1, -0.05) is 0 Å². The molecular formula is C14H28N2O2. The second-order valence-electron chi connectivity index (χ2n) is 6.73. The number of hydrogen-bond acceptors (Lipinski definition) is 4.